The van der Waals surface area contributed by atoms with Crippen LogP contribution in [0.3, 0.4) is 0 Å². The third-order valence-corrected chi connectivity index (χ3v) is 15.6. The summed E-state index contributed by atoms with van der Waals surface area (Å²) in [6, 6.07) is 29.1. The molecular formula is C81H100O34P2+2. The molecule has 4 aromatic carbocycles. The van der Waals surface area contributed by atoms with Gasteiger partial charge in [0.1, 0.15) is 153 Å². The van der Waals surface area contributed by atoms with Crippen LogP contribution in [0.1, 0.15) is 73.6 Å². The van der Waals surface area contributed by atoms with Crippen molar-refractivity contribution >= 4 is 76.2 Å². The first-order valence-corrected chi connectivity index (χ1v) is 37.6. The second kappa shape index (κ2) is 60.8. The van der Waals surface area contributed by atoms with Gasteiger partial charge < -0.3 is 86.7 Å². The quantitative estimate of drug-likeness (QED) is 0.00802. The maximum atomic E-state index is 11.5. The summed E-state index contributed by atoms with van der Waals surface area (Å²) in [5.74, 6) is -5.11. The molecule has 636 valence electrons. The topological polar surface area (TPSA) is 474 Å². The summed E-state index contributed by atoms with van der Waals surface area (Å²) in [6.07, 6.45) is 5.29. The SMILES string of the molecule is C=C(C)C(=O)OCCOC(=O)CCCCO[P+](=O)O.C=CC(=O)OCC(CC)(COC(=O)C=C)COC(=O)C=C.C=CC(=O)OCC(O)COc1ccc(C(c2ccc(OCC(O)COC(=O)C=C)cc2)C(c2ccc(OCC(O)COC(=O)C=C)cc2)c2ccc(OCC(O)COC(=O)C=C)cc2)cc1.C=CC(=O)OCCO[P+](=O)O. The van der Waals surface area contributed by atoms with Crippen LogP contribution in [0.2, 0.25) is 0 Å². The molecule has 0 aliphatic carbocycles. The molecule has 0 radical (unpaired) electrons. The van der Waals surface area contributed by atoms with E-state index in [-0.39, 0.29) is 118 Å². The number of aliphatic hydroxyl groups is 4. The van der Waals surface area contributed by atoms with Crippen molar-refractivity contribution in [2.45, 2.75) is 75.8 Å². The maximum Gasteiger partial charge on any atom is 0.694 e. The van der Waals surface area contributed by atoms with E-state index in [1.807, 2.05) is 48.5 Å². The van der Waals surface area contributed by atoms with Crippen LogP contribution in [-0.4, -0.2) is 220 Å². The first-order valence-electron chi connectivity index (χ1n) is 35.4. The Morgan fingerprint density at radius 3 is 0.880 bits per heavy atom. The Morgan fingerprint density at radius 2 is 0.615 bits per heavy atom. The van der Waals surface area contributed by atoms with E-state index < -0.39 is 118 Å². The van der Waals surface area contributed by atoms with Gasteiger partial charge in [0, 0.05) is 81.6 Å². The van der Waals surface area contributed by atoms with Crippen molar-refractivity contribution in [2.75, 3.05) is 106 Å². The molecule has 6 unspecified atom stereocenters. The minimum Gasteiger partial charge on any atom is -0.491 e. The predicted octanol–water partition coefficient (Wildman–Crippen LogP) is 7.96. The number of hydrogen-bond donors (Lipinski definition) is 6. The third-order valence-electron chi connectivity index (χ3n) is 14.8. The summed E-state index contributed by atoms with van der Waals surface area (Å²) >= 11 is 0. The van der Waals surface area contributed by atoms with E-state index in [0.717, 1.165) is 70.9 Å². The number of aliphatic hydroxyl groups excluding tert-OH is 4. The fraction of sp³-hybridized carbons (Fsp3) is 0.358. The van der Waals surface area contributed by atoms with Gasteiger partial charge in [-0.25, -0.2) is 43.2 Å². The average molecular weight is 1680 g/mol. The van der Waals surface area contributed by atoms with E-state index in [2.05, 4.69) is 73.0 Å². The van der Waals surface area contributed by atoms with Crippen molar-refractivity contribution in [2.24, 2.45) is 5.41 Å². The lowest BCUT2D eigenvalue weighted by atomic mass is 9.73. The first-order chi connectivity index (χ1) is 55.8. The molecule has 0 aromatic heterocycles. The standard InChI is InChI=1S/C50H54O16.C15H20O6.C11H17O7P.C5H7O5P/c1-5-45(55)63-29-37(51)25-59-41-17-9-33(10-18-41)49(34-11-19-42(20-12-34)60-26-38(52)30-64-46(56)6-2)50(35-13-21-43(22-14-35)61-27-39(53)31-65-47(57)7-3)36-15-23-44(24-16-36)62-28-40(54)32-66-48(58)8-4;1-5-12(16)19-9-15(8-4,10-20-13(17)6-2)11-21-14(18)7-3;1-9(2)11(13)17-8-7-16-10(12)5-3-4-6-18-19(14)15;1-2-5(6)9-3-4-10-11(7)8/h5-24,37-40,49-54H,1-4,25-32H2;5-7H,1-3,8-11H2,4H3;1,3-8H2,2H3;2H,1,3-4H2/p+2. The molecule has 0 heterocycles. The molecule has 36 heteroatoms. The molecule has 0 amide bonds. The minimum absolute atomic E-state index is 0.00312. The Balaban J connectivity index is 0.00000108. The number of benzene rings is 4. The van der Waals surface area contributed by atoms with Crippen LogP contribution >= 0.6 is 16.5 Å². The molecule has 0 aliphatic rings. The van der Waals surface area contributed by atoms with Crippen LogP contribution < -0.4 is 18.9 Å². The monoisotopic (exact) mass is 1680 g/mol. The number of esters is 10. The average Bonchev–Trinajstić information content (AvgIpc) is 0.777. The van der Waals surface area contributed by atoms with Crippen LogP contribution in [0.15, 0.2) is 210 Å². The lowest BCUT2D eigenvalue weighted by molar-refractivity contribution is -0.156. The lowest BCUT2D eigenvalue weighted by Crippen LogP contribution is -2.38. The van der Waals surface area contributed by atoms with Crippen molar-refractivity contribution in [3.63, 3.8) is 0 Å². The van der Waals surface area contributed by atoms with Crippen LogP contribution in [0.5, 0.6) is 23.0 Å². The minimum atomic E-state index is -2.60. The van der Waals surface area contributed by atoms with Crippen molar-refractivity contribution in [3.8, 4) is 23.0 Å². The van der Waals surface area contributed by atoms with Crippen LogP contribution in [0.4, 0.5) is 0 Å². The third kappa shape index (κ3) is 47.7. The number of unbranched alkanes of at least 4 members (excludes halogenated alkanes) is 1. The summed E-state index contributed by atoms with van der Waals surface area (Å²) in [4.78, 5) is 128. The molecule has 117 heavy (non-hydrogen) atoms. The van der Waals surface area contributed by atoms with Gasteiger partial charge in [-0.15, -0.1) is 18.8 Å². The largest absolute Gasteiger partial charge is 0.694 e. The van der Waals surface area contributed by atoms with E-state index >= 15 is 0 Å². The molecular weight excluding hydrogens is 1580 g/mol. The molecule has 0 spiro atoms. The smallest absolute Gasteiger partial charge is 0.491 e. The van der Waals surface area contributed by atoms with Gasteiger partial charge in [-0.05, 0) is 97.0 Å². The number of carbonyl (C=O) groups is 10. The van der Waals surface area contributed by atoms with Gasteiger partial charge >= 0.3 is 76.2 Å². The summed E-state index contributed by atoms with van der Waals surface area (Å²) < 4.78 is 100. The normalized spacial score (nSPS) is 12.1. The Labute approximate surface area is 678 Å². The summed E-state index contributed by atoms with van der Waals surface area (Å²) in [5, 5.41) is 41.3. The zero-order chi connectivity index (χ0) is 87.5. The molecule has 4 aromatic rings. The fourth-order valence-electron chi connectivity index (χ4n) is 8.75. The number of hydrogen-bond acceptors (Lipinski definition) is 32. The van der Waals surface area contributed by atoms with Gasteiger partial charge in [0.2, 0.25) is 0 Å². The highest BCUT2D eigenvalue weighted by molar-refractivity contribution is 7.32. The van der Waals surface area contributed by atoms with Crippen LogP contribution in [0.25, 0.3) is 0 Å². The molecule has 0 fully saturated rings. The number of carbonyl (C=O) groups excluding carboxylic acids is 10. The Hall–Kier alpha value is -11.7. The first kappa shape index (κ1) is 103. The van der Waals surface area contributed by atoms with Gasteiger partial charge in [-0.3, -0.25) is 4.79 Å². The van der Waals surface area contributed by atoms with Gasteiger partial charge in [-0.1, -0.05) is 115 Å². The molecule has 0 saturated heterocycles. The van der Waals surface area contributed by atoms with Crippen LogP contribution in [0, 0.1) is 5.41 Å². The van der Waals surface area contributed by atoms with E-state index in [9.17, 15) is 77.5 Å². The number of rotatable bonds is 54. The maximum absolute atomic E-state index is 11.5. The summed E-state index contributed by atoms with van der Waals surface area (Å²) in [5.41, 5.74) is 2.82. The highest BCUT2D eigenvalue weighted by Gasteiger charge is 2.34. The predicted molar refractivity (Wildman–Crippen MR) is 420 cm³/mol. The summed E-state index contributed by atoms with van der Waals surface area (Å²) in [7, 11) is -5.18. The van der Waals surface area contributed by atoms with Gasteiger partial charge in [-0.2, -0.15) is 0 Å². The molecule has 0 saturated carbocycles. The van der Waals surface area contributed by atoms with Gasteiger partial charge in [0.25, 0.3) is 0 Å². The highest BCUT2D eigenvalue weighted by Crippen LogP contribution is 2.45. The lowest BCUT2D eigenvalue weighted by Gasteiger charge is -2.30. The zero-order valence-electron chi connectivity index (χ0n) is 64.8. The van der Waals surface area contributed by atoms with E-state index in [0.29, 0.717) is 42.3 Å². The zero-order valence-corrected chi connectivity index (χ0v) is 66.6. The van der Waals surface area contributed by atoms with Gasteiger partial charge in [0.15, 0.2) is 0 Å². The Bertz CT molecular complexity index is 3500. The molecule has 0 bridgehead atoms. The van der Waals surface area contributed by atoms with Crippen molar-refractivity contribution in [1.82, 2.24) is 0 Å². The highest BCUT2D eigenvalue weighted by atomic mass is 31.1. The van der Waals surface area contributed by atoms with E-state index in [4.69, 9.17) is 71.4 Å². The molecule has 4 rings (SSSR count). The second-order valence-electron chi connectivity index (χ2n) is 23.8. The van der Waals surface area contributed by atoms with Gasteiger partial charge in [0.05, 0.1) is 5.41 Å². The summed E-state index contributed by atoms with van der Waals surface area (Å²) in [6.45, 7) is 31.1. The van der Waals surface area contributed by atoms with Crippen LogP contribution in [-0.2, 0) is 113 Å². The molecule has 0 aliphatic heterocycles. The van der Waals surface area contributed by atoms with Crippen molar-refractivity contribution < 1.29 is 163 Å². The second-order valence-corrected chi connectivity index (χ2v) is 25.3. The molecule has 6 atom stereocenters. The molecule has 6 N–H and O–H groups in total. The Morgan fingerprint density at radius 1 is 0.359 bits per heavy atom. The van der Waals surface area contributed by atoms with E-state index in [1.54, 1.807) is 55.5 Å². The number of ether oxygens (including phenoxy) is 14. The van der Waals surface area contributed by atoms with Crippen molar-refractivity contribution in [3.05, 3.63) is 233 Å². The fourth-order valence-corrected chi connectivity index (χ4v) is 9.26. The molecule has 34 nitrogen and oxygen atoms in total. The van der Waals surface area contributed by atoms with Crippen molar-refractivity contribution in [1.29, 1.82) is 0 Å². The van der Waals surface area contributed by atoms with E-state index in [1.165, 1.54) is 6.92 Å². The Kier molecular flexibility index (Phi) is 53.7.